The van der Waals surface area contributed by atoms with Gasteiger partial charge in [-0.1, -0.05) is 60.3 Å². The molecule has 2 aliphatic rings. The Kier molecular flexibility index (Phi) is 5.49. The van der Waals surface area contributed by atoms with E-state index in [1.165, 1.54) is 24.5 Å². The Morgan fingerprint density at radius 2 is 1.64 bits per heavy atom. The molecule has 2 aromatic carbocycles. The molecule has 0 spiro atoms. The molecule has 0 saturated carbocycles. The van der Waals surface area contributed by atoms with E-state index >= 15 is 0 Å². The molecule has 1 aromatic heterocycles. The second-order valence-corrected chi connectivity index (χ2v) is 8.93. The van der Waals surface area contributed by atoms with Gasteiger partial charge in [0.25, 0.3) is 17.7 Å². The van der Waals surface area contributed by atoms with Crippen LogP contribution >= 0.6 is 24.0 Å². The van der Waals surface area contributed by atoms with Crippen molar-refractivity contribution in [1.82, 2.24) is 15.4 Å². The summed E-state index contributed by atoms with van der Waals surface area (Å²) in [5.74, 6) is -1.31. The number of fused-ring (bicyclic) bond motifs is 1. The number of amides is 3. The van der Waals surface area contributed by atoms with Gasteiger partial charge in [-0.3, -0.25) is 24.8 Å². The van der Waals surface area contributed by atoms with Crippen LogP contribution in [-0.4, -0.2) is 32.0 Å². The lowest BCUT2D eigenvalue weighted by Crippen LogP contribution is -2.45. The van der Waals surface area contributed by atoms with Crippen LogP contribution in [0.25, 0.3) is 5.57 Å². The summed E-state index contributed by atoms with van der Waals surface area (Å²) in [5.41, 5.74) is 5.53. The number of hydrazine groups is 1. The van der Waals surface area contributed by atoms with E-state index in [0.29, 0.717) is 23.2 Å². The highest BCUT2D eigenvalue weighted by Crippen LogP contribution is 2.44. The zero-order valence-corrected chi connectivity index (χ0v) is 18.7. The highest BCUT2D eigenvalue weighted by Gasteiger charge is 2.42. The number of rotatable bonds is 4. The fourth-order valence-electron chi connectivity index (χ4n) is 3.71. The molecule has 0 unspecified atom stereocenters. The van der Waals surface area contributed by atoms with Crippen molar-refractivity contribution in [2.45, 2.75) is 6.54 Å². The number of thiocarbonyl (C=S) groups is 1. The summed E-state index contributed by atoms with van der Waals surface area (Å²) in [6.45, 7) is 0.374. The normalized spacial score (nSPS) is 17.5. The Balaban J connectivity index is 1.48. The summed E-state index contributed by atoms with van der Waals surface area (Å²) in [6, 6.07) is 20.1. The van der Waals surface area contributed by atoms with Gasteiger partial charge in [0.05, 0.1) is 22.7 Å². The van der Waals surface area contributed by atoms with Gasteiger partial charge in [0.2, 0.25) is 0 Å². The van der Waals surface area contributed by atoms with Crippen LogP contribution < -0.4 is 10.3 Å². The molecule has 2 aliphatic heterocycles. The first-order valence-corrected chi connectivity index (χ1v) is 11.2. The third-order valence-corrected chi connectivity index (χ3v) is 6.63. The van der Waals surface area contributed by atoms with Crippen LogP contribution in [0, 0.1) is 0 Å². The maximum atomic E-state index is 13.5. The molecule has 33 heavy (non-hydrogen) atoms. The highest BCUT2D eigenvalue weighted by atomic mass is 32.2. The van der Waals surface area contributed by atoms with Gasteiger partial charge >= 0.3 is 0 Å². The molecule has 0 bridgehead atoms. The number of carbonyl (C=O) groups is 3. The second-order valence-electron chi connectivity index (χ2n) is 7.28. The van der Waals surface area contributed by atoms with Gasteiger partial charge in [-0.25, -0.2) is 0 Å². The molecule has 5 rings (SSSR count). The summed E-state index contributed by atoms with van der Waals surface area (Å²) in [6.07, 6.45) is 2.97. The zero-order chi connectivity index (χ0) is 22.9. The van der Waals surface area contributed by atoms with Gasteiger partial charge in [0.15, 0.2) is 4.32 Å². The molecule has 0 radical (unpaired) electrons. The molecule has 0 atom stereocenters. The molecule has 162 valence electrons. The van der Waals surface area contributed by atoms with Gasteiger partial charge in [0, 0.05) is 23.5 Å². The maximum absolute atomic E-state index is 13.5. The summed E-state index contributed by atoms with van der Waals surface area (Å²) >= 11 is 6.36. The molecule has 1 fully saturated rings. The molecule has 3 heterocycles. The standard InChI is InChI=1S/C24H16N4O3S2/c29-21(16-10-12-25-13-11-16)26-28-23(31)20(33-24(28)32)19-17-8-4-5-9-18(17)27(22(19)30)14-15-6-2-1-3-7-15/h1-13H,14H2,(H,26,29)/b20-19+. The number of para-hydroxylation sites is 1. The number of anilines is 1. The quantitative estimate of drug-likeness (QED) is 0.462. The SMILES string of the molecule is O=C(NN1C(=O)/C(=C2\C(=O)N(Cc3ccccc3)c3ccccc32)SC1=S)c1ccncc1. The molecule has 0 aliphatic carbocycles. The largest absolute Gasteiger partial charge is 0.303 e. The summed E-state index contributed by atoms with van der Waals surface area (Å²) in [4.78, 5) is 45.0. The summed E-state index contributed by atoms with van der Waals surface area (Å²) in [7, 11) is 0. The van der Waals surface area contributed by atoms with Gasteiger partial charge in [0.1, 0.15) is 0 Å². The Hall–Kier alpha value is -3.82. The molecular formula is C24H16N4O3S2. The van der Waals surface area contributed by atoms with E-state index in [9.17, 15) is 14.4 Å². The molecular weight excluding hydrogens is 456 g/mol. The first kappa shape index (κ1) is 21.0. The van der Waals surface area contributed by atoms with Crippen LogP contribution in [-0.2, 0) is 16.1 Å². The lowest BCUT2D eigenvalue weighted by atomic mass is 10.1. The number of nitrogens with zero attached hydrogens (tertiary/aromatic N) is 3. The van der Waals surface area contributed by atoms with Gasteiger partial charge < -0.3 is 4.90 Å². The number of carbonyl (C=O) groups excluding carboxylic acids is 3. The van der Waals surface area contributed by atoms with E-state index in [1.807, 2.05) is 54.6 Å². The van der Waals surface area contributed by atoms with Crippen molar-refractivity contribution in [2.24, 2.45) is 0 Å². The summed E-state index contributed by atoms with van der Waals surface area (Å²) in [5, 5.41) is 1.01. The first-order valence-electron chi connectivity index (χ1n) is 10.0. The minimum atomic E-state index is -0.535. The Bertz CT molecular complexity index is 1330. The van der Waals surface area contributed by atoms with E-state index in [0.717, 1.165) is 28.0 Å². The van der Waals surface area contributed by atoms with Crippen molar-refractivity contribution in [3.8, 4) is 0 Å². The number of nitrogens with one attached hydrogen (secondary N) is 1. The first-order chi connectivity index (χ1) is 16.0. The smallest absolute Gasteiger partial charge is 0.286 e. The van der Waals surface area contributed by atoms with Crippen LogP contribution in [0.15, 0.2) is 84.0 Å². The number of benzene rings is 2. The Labute approximate surface area is 199 Å². The predicted octanol–water partition coefficient (Wildman–Crippen LogP) is 3.54. The number of hydrogen-bond acceptors (Lipinski definition) is 6. The number of hydrogen-bond donors (Lipinski definition) is 1. The lowest BCUT2D eigenvalue weighted by molar-refractivity contribution is -0.124. The topological polar surface area (TPSA) is 82.6 Å². The fourth-order valence-corrected chi connectivity index (χ4v) is 4.96. The van der Waals surface area contributed by atoms with Crippen LogP contribution in [0.2, 0.25) is 0 Å². The average molecular weight is 473 g/mol. The van der Waals surface area contributed by atoms with Crippen molar-refractivity contribution in [3.05, 3.63) is 101 Å². The van der Waals surface area contributed by atoms with Gasteiger partial charge in [-0.15, -0.1) is 0 Å². The van der Waals surface area contributed by atoms with E-state index in [2.05, 4.69) is 10.4 Å². The third kappa shape index (κ3) is 3.81. The zero-order valence-electron chi connectivity index (χ0n) is 17.1. The average Bonchev–Trinajstić information content (AvgIpc) is 3.27. The summed E-state index contributed by atoms with van der Waals surface area (Å²) < 4.78 is 0.150. The monoisotopic (exact) mass is 472 g/mol. The Morgan fingerprint density at radius 1 is 0.939 bits per heavy atom. The van der Waals surface area contributed by atoms with Gasteiger partial charge in [-0.2, -0.15) is 5.01 Å². The highest BCUT2D eigenvalue weighted by molar-refractivity contribution is 8.26. The van der Waals surface area contributed by atoms with Crippen LogP contribution in [0.5, 0.6) is 0 Å². The van der Waals surface area contributed by atoms with Crippen molar-refractivity contribution < 1.29 is 14.4 Å². The molecule has 3 amide bonds. The Morgan fingerprint density at radius 3 is 2.39 bits per heavy atom. The van der Waals surface area contributed by atoms with Crippen LogP contribution in [0.4, 0.5) is 5.69 Å². The maximum Gasteiger partial charge on any atom is 0.286 e. The van der Waals surface area contributed by atoms with Gasteiger partial charge in [-0.05, 0) is 36.0 Å². The van der Waals surface area contributed by atoms with E-state index in [1.54, 1.807) is 4.90 Å². The fraction of sp³-hybridized carbons (Fsp3) is 0.0417. The molecule has 1 saturated heterocycles. The van der Waals surface area contributed by atoms with E-state index in [4.69, 9.17) is 12.2 Å². The van der Waals surface area contributed by atoms with Crippen molar-refractivity contribution in [2.75, 3.05) is 4.90 Å². The molecule has 1 N–H and O–H groups in total. The molecule has 3 aromatic rings. The third-order valence-electron chi connectivity index (χ3n) is 5.26. The number of pyridine rings is 1. The second kappa shape index (κ2) is 8.61. The van der Waals surface area contributed by atoms with E-state index < -0.39 is 11.8 Å². The minimum Gasteiger partial charge on any atom is -0.303 e. The van der Waals surface area contributed by atoms with Crippen molar-refractivity contribution >= 4 is 57.3 Å². The predicted molar refractivity (Wildman–Crippen MR) is 130 cm³/mol. The number of thioether (sulfide) groups is 1. The lowest BCUT2D eigenvalue weighted by Gasteiger charge is -2.17. The minimum absolute atomic E-state index is 0.150. The van der Waals surface area contributed by atoms with Crippen LogP contribution in [0.3, 0.4) is 0 Å². The molecule has 7 nitrogen and oxygen atoms in total. The van der Waals surface area contributed by atoms with Crippen molar-refractivity contribution in [1.29, 1.82) is 0 Å². The van der Waals surface area contributed by atoms with Crippen molar-refractivity contribution in [3.63, 3.8) is 0 Å². The van der Waals surface area contributed by atoms with E-state index in [-0.39, 0.29) is 15.1 Å². The van der Waals surface area contributed by atoms with Crippen LogP contribution in [0.1, 0.15) is 21.5 Å². The number of aromatic nitrogens is 1. The molecule has 9 heteroatoms.